The number of nitrogen functional groups attached to an aromatic ring is 1. The lowest BCUT2D eigenvalue weighted by Gasteiger charge is -2.19. The maximum absolute atomic E-state index is 11.4. The molecule has 0 aliphatic carbocycles. The van der Waals surface area contributed by atoms with Crippen molar-refractivity contribution in [2.75, 3.05) is 20.1 Å². The van der Waals surface area contributed by atoms with Gasteiger partial charge < -0.3 is 5.32 Å². The minimum absolute atomic E-state index is 0.0299. The summed E-state index contributed by atoms with van der Waals surface area (Å²) in [4.78, 5) is 24.8. The van der Waals surface area contributed by atoms with Crippen molar-refractivity contribution in [1.29, 1.82) is 0 Å². The number of carbonyl (C=O) groups is 2. The maximum atomic E-state index is 11.4. The Balaban J connectivity index is 2.74. The maximum Gasteiger partial charge on any atom is 0.265 e. The lowest BCUT2D eigenvalue weighted by Crippen LogP contribution is -2.35. The molecule has 1 aromatic carbocycles. The first-order valence-electron chi connectivity index (χ1n) is 6.13. The van der Waals surface area contributed by atoms with Gasteiger partial charge in [-0.3, -0.25) is 19.9 Å². The van der Waals surface area contributed by atoms with Crippen LogP contribution in [-0.2, 0) is 11.3 Å². The molecule has 0 saturated heterocycles. The van der Waals surface area contributed by atoms with Crippen LogP contribution in [0, 0.1) is 0 Å². The third kappa shape index (κ3) is 4.69. The van der Waals surface area contributed by atoms with Crippen molar-refractivity contribution < 1.29 is 9.59 Å². The predicted octanol–water partition coefficient (Wildman–Crippen LogP) is -0.142. The van der Waals surface area contributed by atoms with Crippen LogP contribution < -0.4 is 16.6 Å². The topological polar surface area (TPSA) is 87.5 Å². The van der Waals surface area contributed by atoms with Gasteiger partial charge in [0.15, 0.2) is 0 Å². The van der Waals surface area contributed by atoms with Gasteiger partial charge in [0.05, 0.1) is 6.54 Å². The van der Waals surface area contributed by atoms with E-state index in [1.165, 1.54) is 0 Å². The molecule has 0 aromatic heterocycles. The second kappa shape index (κ2) is 7.50. The number of nitrogens with two attached hydrogens (primary N) is 1. The third-order valence-corrected chi connectivity index (χ3v) is 2.82. The molecule has 6 nitrogen and oxygen atoms in total. The molecule has 2 amide bonds. The molecule has 0 radical (unpaired) electrons. The van der Waals surface area contributed by atoms with E-state index in [4.69, 9.17) is 5.84 Å². The van der Waals surface area contributed by atoms with Gasteiger partial charge in [0.25, 0.3) is 5.91 Å². The number of carbonyl (C=O) groups excluding carboxylic acids is 2. The van der Waals surface area contributed by atoms with E-state index in [1.54, 1.807) is 25.2 Å². The van der Waals surface area contributed by atoms with Crippen molar-refractivity contribution in [1.82, 2.24) is 15.6 Å². The Bertz CT molecular complexity index is 448. The highest BCUT2D eigenvalue weighted by molar-refractivity contribution is 5.93. The zero-order valence-corrected chi connectivity index (χ0v) is 11.3. The number of likely N-dealkylation sites (N-methyl/N-ethyl adjacent to an activating group) is 2. The van der Waals surface area contributed by atoms with Crippen molar-refractivity contribution >= 4 is 11.8 Å². The summed E-state index contributed by atoms with van der Waals surface area (Å²) >= 11 is 0. The number of benzene rings is 1. The van der Waals surface area contributed by atoms with Crippen LogP contribution in [0.3, 0.4) is 0 Å². The lowest BCUT2D eigenvalue weighted by molar-refractivity contribution is -0.121. The van der Waals surface area contributed by atoms with Gasteiger partial charge in [-0.25, -0.2) is 5.84 Å². The molecule has 0 spiro atoms. The molecule has 0 aliphatic heterocycles. The quantitative estimate of drug-likeness (QED) is 0.379. The number of hydrogen-bond acceptors (Lipinski definition) is 4. The second-order valence-electron chi connectivity index (χ2n) is 4.15. The molecular formula is C13H20N4O2. The summed E-state index contributed by atoms with van der Waals surface area (Å²) in [6.07, 6.45) is 0. The van der Waals surface area contributed by atoms with Gasteiger partial charge >= 0.3 is 0 Å². The van der Waals surface area contributed by atoms with Gasteiger partial charge in [-0.15, -0.1) is 0 Å². The van der Waals surface area contributed by atoms with E-state index in [9.17, 15) is 9.59 Å². The van der Waals surface area contributed by atoms with Gasteiger partial charge in [-0.2, -0.15) is 0 Å². The summed E-state index contributed by atoms with van der Waals surface area (Å²) < 4.78 is 0. The van der Waals surface area contributed by atoms with Crippen LogP contribution in [-0.4, -0.2) is 36.9 Å². The Hall–Kier alpha value is -1.92. The van der Waals surface area contributed by atoms with Crippen LogP contribution >= 0.6 is 0 Å². The first-order chi connectivity index (χ1) is 9.10. The molecule has 0 bridgehead atoms. The Morgan fingerprint density at radius 2 is 2.11 bits per heavy atom. The minimum atomic E-state index is -0.323. The number of nitrogens with zero attached hydrogens (tertiary/aromatic N) is 1. The molecule has 0 saturated carbocycles. The van der Waals surface area contributed by atoms with Crippen molar-refractivity contribution in [3.8, 4) is 0 Å². The minimum Gasteiger partial charge on any atom is -0.358 e. The molecule has 0 unspecified atom stereocenters. The number of amides is 2. The lowest BCUT2D eigenvalue weighted by atomic mass is 10.1. The first-order valence-corrected chi connectivity index (χ1v) is 6.13. The molecule has 104 valence electrons. The SMILES string of the molecule is CCN(CC(=O)NC)Cc1cccc(C(=O)NN)c1. The standard InChI is InChI=1S/C13H20N4O2/c1-3-17(9-12(18)15-2)8-10-5-4-6-11(7-10)13(19)16-14/h4-7H,3,8-9,14H2,1-2H3,(H,15,18)(H,16,19). The monoisotopic (exact) mass is 264 g/mol. The van der Waals surface area contributed by atoms with E-state index in [2.05, 4.69) is 10.7 Å². The zero-order chi connectivity index (χ0) is 14.3. The van der Waals surface area contributed by atoms with E-state index < -0.39 is 0 Å². The Morgan fingerprint density at radius 1 is 1.37 bits per heavy atom. The molecule has 1 aromatic rings. The van der Waals surface area contributed by atoms with Gasteiger partial charge in [0.1, 0.15) is 0 Å². The summed E-state index contributed by atoms with van der Waals surface area (Å²) in [5, 5.41) is 2.59. The molecule has 1 rings (SSSR count). The van der Waals surface area contributed by atoms with E-state index in [0.717, 1.165) is 12.1 Å². The van der Waals surface area contributed by atoms with E-state index in [0.29, 0.717) is 18.7 Å². The van der Waals surface area contributed by atoms with Crippen LogP contribution in [0.2, 0.25) is 0 Å². The molecule has 4 N–H and O–H groups in total. The first kappa shape index (κ1) is 15.1. The summed E-state index contributed by atoms with van der Waals surface area (Å²) in [5.74, 6) is 4.75. The van der Waals surface area contributed by atoms with Gasteiger partial charge in [-0.05, 0) is 24.2 Å². The number of rotatable bonds is 6. The number of hydrazine groups is 1. The van der Waals surface area contributed by atoms with Crippen LogP contribution in [0.4, 0.5) is 0 Å². The summed E-state index contributed by atoms with van der Waals surface area (Å²) in [6, 6.07) is 7.18. The summed E-state index contributed by atoms with van der Waals surface area (Å²) in [7, 11) is 1.61. The van der Waals surface area contributed by atoms with Crippen LogP contribution in [0.15, 0.2) is 24.3 Å². The van der Waals surface area contributed by atoms with E-state index in [-0.39, 0.29) is 11.8 Å². The highest BCUT2D eigenvalue weighted by Gasteiger charge is 2.10. The Morgan fingerprint density at radius 3 is 2.68 bits per heavy atom. The highest BCUT2D eigenvalue weighted by atomic mass is 16.2. The fraction of sp³-hybridized carbons (Fsp3) is 0.385. The Kier molecular flexibility index (Phi) is 5.98. The van der Waals surface area contributed by atoms with Crippen molar-refractivity contribution in [2.45, 2.75) is 13.5 Å². The largest absolute Gasteiger partial charge is 0.358 e. The average Bonchev–Trinajstić information content (AvgIpc) is 2.45. The van der Waals surface area contributed by atoms with Gasteiger partial charge in [0, 0.05) is 19.2 Å². The van der Waals surface area contributed by atoms with Crippen molar-refractivity contribution in [3.63, 3.8) is 0 Å². The second-order valence-corrected chi connectivity index (χ2v) is 4.15. The molecule has 0 fully saturated rings. The molecule has 6 heteroatoms. The molecule has 0 aliphatic rings. The zero-order valence-electron chi connectivity index (χ0n) is 11.3. The van der Waals surface area contributed by atoms with Gasteiger partial charge in [0.2, 0.25) is 5.91 Å². The van der Waals surface area contributed by atoms with Crippen LogP contribution in [0.1, 0.15) is 22.8 Å². The number of nitrogens with one attached hydrogen (secondary N) is 2. The molecule has 19 heavy (non-hydrogen) atoms. The average molecular weight is 264 g/mol. The highest BCUT2D eigenvalue weighted by Crippen LogP contribution is 2.08. The summed E-state index contributed by atoms with van der Waals surface area (Å²) in [6.45, 7) is 3.68. The normalized spacial score (nSPS) is 10.3. The molecular weight excluding hydrogens is 244 g/mol. The van der Waals surface area contributed by atoms with E-state index in [1.807, 2.05) is 17.9 Å². The third-order valence-electron chi connectivity index (χ3n) is 2.82. The van der Waals surface area contributed by atoms with Gasteiger partial charge in [-0.1, -0.05) is 19.1 Å². The van der Waals surface area contributed by atoms with Crippen LogP contribution in [0.5, 0.6) is 0 Å². The fourth-order valence-corrected chi connectivity index (χ4v) is 1.71. The summed E-state index contributed by atoms with van der Waals surface area (Å²) in [5.41, 5.74) is 3.58. The Labute approximate surface area is 112 Å². The molecule has 0 atom stereocenters. The fourth-order valence-electron chi connectivity index (χ4n) is 1.71. The predicted molar refractivity (Wildman–Crippen MR) is 73.1 cm³/mol. The van der Waals surface area contributed by atoms with Crippen molar-refractivity contribution in [2.24, 2.45) is 5.84 Å². The number of hydrogen-bond donors (Lipinski definition) is 3. The van der Waals surface area contributed by atoms with Crippen molar-refractivity contribution in [3.05, 3.63) is 35.4 Å². The van der Waals surface area contributed by atoms with E-state index >= 15 is 0 Å². The smallest absolute Gasteiger partial charge is 0.265 e. The molecule has 0 heterocycles. The van der Waals surface area contributed by atoms with Crippen LogP contribution in [0.25, 0.3) is 0 Å².